The first-order valence-corrected chi connectivity index (χ1v) is 12.7. The lowest BCUT2D eigenvalue weighted by Gasteiger charge is -2.44. The van der Waals surface area contributed by atoms with Crippen molar-refractivity contribution in [2.45, 2.75) is 50.0 Å². The van der Waals surface area contributed by atoms with Gasteiger partial charge in [-0.05, 0) is 50.2 Å². The number of pyridine rings is 1. The molecule has 2 aromatic heterocycles. The highest BCUT2D eigenvalue weighted by Crippen LogP contribution is 2.91. The minimum Gasteiger partial charge on any atom is -0.383 e. The molecule has 2 aliphatic heterocycles. The number of nitrogens with two attached hydrogens (primary N) is 1. The highest BCUT2D eigenvalue weighted by Gasteiger charge is 2.93. The third-order valence-electron chi connectivity index (χ3n) is 9.37. The zero-order valence-electron chi connectivity index (χ0n) is 20.0. The van der Waals surface area contributed by atoms with Gasteiger partial charge in [0.1, 0.15) is 5.82 Å². The quantitative estimate of drug-likeness (QED) is 0.698. The molecule has 8 rings (SSSR count). The van der Waals surface area contributed by atoms with Crippen LogP contribution in [-0.4, -0.2) is 76.0 Å². The summed E-state index contributed by atoms with van der Waals surface area (Å²) in [5, 5.41) is 4.78. The van der Waals surface area contributed by atoms with E-state index in [2.05, 4.69) is 28.6 Å². The monoisotopic (exact) mass is 488 g/mol. The highest BCUT2D eigenvalue weighted by molar-refractivity contribution is 5.65. The second kappa shape index (κ2) is 7.20. The van der Waals surface area contributed by atoms with E-state index in [1.807, 2.05) is 10.7 Å². The minimum absolute atomic E-state index is 0.130. The van der Waals surface area contributed by atoms with E-state index in [0.717, 1.165) is 45.5 Å². The van der Waals surface area contributed by atoms with Crippen molar-refractivity contribution in [3.8, 4) is 11.3 Å². The first-order valence-electron chi connectivity index (χ1n) is 12.7. The van der Waals surface area contributed by atoms with Crippen molar-refractivity contribution in [1.29, 1.82) is 0 Å². The Kier molecular flexibility index (Phi) is 4.54. The molecule has 2 aromatic rings. The van der Waals surface area contributed by atoms with E-state index in [1.165, 1.54) is 18.3 Å². The summed E-state index contributed by atoms with van der Waals surface area (Å²) in [6.45, 7) is 10.4. The predicted molar refractivity (Wildman–Crippen MR) is 124 cm³/mol. The van der Waals surface area contributed by atoms with Crippen LogP contribution >= 0.6 is 0 Å². The lowest BCUT2D eigenvalue weighted by atomic mass is 9.99. The molecule has 2 N–H and O–H groups in total. The molecule has 10 heteroatoms. The van der Waals surface area contributed by atoms with Gasteiger partial charge in [-0.15, -0.1) is 0 Å². The molecule has 2 bridgehead atoms. The third kappa shape index (κ3) is 3.02. The fourth-order valence-electron chi connectivity index (χ4n) is 7.53. The van der Waals surface area contributed by atoms with Gasteiger partial charge in [0.05, 0.1) is 30.5 Å². The lowest BCUT2D eigenvalue weighted by molar-refractivity contribution is -0.137. The summed E-state index contributed by atoms with van der Waals surface area (Å²) >= 11 is 0. The first kappa shape index (κ1) is 22.1. The Balaban J connectivity index is 1.14. The molecule has 2 saturated heterocycles. The van der Waals surface area contributed by atoms with Gasteiger partial charge in [0, 0.05) is 61.1 Å². The largest absolute Gasteiger partial charge is 0.419 e. The number of ether oxygens (including phenoxy) is 1. The molecule has 0 radical (unpaired) electrons. The Morgan fingerprint density at radius 1 is 1.09 bits per heavy atom. The average molecular weight is 489 g/mol. The molecule has 5 atom stereocenters. The number of nitrogen functional groups attached to an aromatic ring is 1. The molecule has 4 heterocycles. The van der Waals surface area contributed by atoms with Crippen LogP contribution in [0.4, 0.5) is 19.0 Å². The van der Waals surface area contributed by atoms with Crippen LogP contribution < -0.4 is 5.73 Å². The van der Waals surface area contributed by atoms with Crippen LogP contribution in [0.2, 0.25) is 0 Å². The van der Waals surface area contributed by atoms with Gasteiger partial charge in [0.2, 0.25) is 0 Å². The van der Waals surface area contributed by atoms with Crippen molar-refractivity contribution in [2.75, 3.05) is 45.1 Å². The van der Waals surface area contributed by atoms with Gasteiger partial charge in [-0.2, -0.15) is 18.3 Å². The fourth-order valence-corrected chi connectivity index (χ4v) is 7.53. The van der Waals surface area contributed by atoms with Crippen LogP contribution in [0.25, 0.3) is 11.3 Å². The van der Waals surface area contributed by atoms with Crippen molar-refractivity contribution in [2.24, 2.45) is 17.8 Å². The number of nitrogens with zero attached hydrogens (tertiary/aromatic N) is 5. The third-order valence-corrected chi connectivity index (χ3v) is 9.37. The molecule has 35 heavy (non-hydrogen) atoms. The first-order chi connectivity index (χ1) is 16.7. The Bertz CT molecular complexity index is 1160. The van der Waals surface area contributed by atoms with Gasteiger partial charge in [-0.3, -0.25) is 14.5 Å². The van der Waals surface area contributed by atoms with Crippen LogP contribution in [-0.2, 0) is 16.3 Å². The van der Waals surface area contributed by atoms with E-state index < -0.39 is 17.6 Å². The van der Waals surface area contributed by atoms with Gasteiger partial charge in [-0.25, -0.2) is 4.98 Å². The summed E-state index contributed by atoms with van der Waals surface area (Å²) in [6, 6.07) is 4.45. The van der Waals surface area contributed by atoms with E-state index in [4.69, 9.17) is 15.6 Å². The molecular weight excluding hydrogens is 457 g/mol. The van der Waals surface area contributed by atoms with E-state index in [9.17, 15) is 13.2 Å². The maximum Gasteiger partial charge on any atom is 0.419 e. The van der Waals surface area contributed by atoms with Crippen LogP contribution in [0.3, 0.4) is 0 Å². The maximum absolute atomic E-state index is 13.4. The molecule has 4 saturated carbocycles. The number of hydrogen-bond acceptors (Lipinski definition) is 6. The zero-order chi connectivity index (χ0) is 24.3. The van der Waals surface area contributed by atoms with Crippen LogP contribution in [0.15, 0.2) is 18.3 Å². The molecule has 0 aromatic carbocycles. The van der Waals surface area contributed by atoms with Crippen molar-refractivity contribution < 1.29 is 17.9 Å². The number of halogens is 3. The molecule has 0 amide bonds. The van der Waals surface area contributed by atoms with Gasteiger partial charge in [0.15, 0.2) is 0 Å². The highest BCUT2D eigenvalue weighted by atomic mass is 19.4. The van der Waals surface area contributed by atoms with Crippen LogP contribution in [0.1, 0.15) is 37.6 Å². The smallest absolute Gasteiger partial charge is 0.383 e. The molecule has 6 fully saturated rings. The van der Waals surface area contributed by atoms with Crippen molar-refractivity contribution in [3.05, 3.63) is 29.6 Å². The Hall–Kier alpha value is -2.17. The SMILES string of the molecule is CC(C)n1nc(-c2cnc(N)c(C(F)(F)F)c2)cc1[C@@]12C3C(N4CCN(C5COC5)CC4)C[C@H]1[C@@H]32. The number of alkyl halides is 3. The summed E-state index contributed by atoms with van der Waals surface area (Å²) < 4.78 is 47.7. The Labute approximate surface area is 202 Å². The van der Waals surface area contributed by atoms with E-state index >= 15 is 0 Å². The van der Waals surface area contributed by atoms with E-state index in [1.54, 1.807) is 0 Å². The molecule has 0 spiro atoms. The van der Waals surface area contributed by atoms with Gasteiger partial charge in [0.25, 0.3) is 0 Å². The summed E-state index contributed by atoms with van der Waals surface area (Å²) in [5.74, 6) is 1.51. The Morgan fingerprint density at radius 3 is 2.40 bits per heavy atom. The maximum atomic E-state index is 13.4. The molecule has 6 aliphatic rings. The van der Waals surface area contributed by atoms with Crippen LogP contribution in [0, 0.1) is 17.8 Å². The number of piperazine rings is 1. The van der Waals surface area contributed by atoms with Crippen molar-refractivity contribution >= 4 is 5.82 Å². The molecule has 7 nitrogen and oxygen atoms in total. The van der Waals surface area contributed by atoms with E-state index in [-0.39, 0.29) is 11.5 Å². The van der Waals surface area contributed by atoms with Gasteiger partial charge < -0.3 is 10.5 Å². The summed E-state index contributed by atoms with van der Waals surface area (Å²) in [5.41, 5.74) is 6.88. The molecule has 188 valence electrons. The lowest BCUT2D eigenvalue weighted by Crippen LogP contribution is -2.58. The number of fused-ring (bicyclic) bond motifs is 1. The standard InChI is InChI=1S/C25H31F3N6O/c1-13(2)34-20(9-18(31-34)14-7-17(25(26,27)28)23(29)30-10-14)24-16-8-19(22(24)21(16)24)33-5-3-32(4-6-33)15-11-35-12-15/h7,9-10,13,15-16,19,21-22H,3-6,8,11-12H2,1-2H3,(H2,29,30)/t16-,19?,21-,22?,24-/m0/s1. The minimum atomic E-state index is -4.55. The van der Waals surface area contributed by atoms with Gasteiger partial charge >= 0.3 is 6.18 Å². The number of anilines is 1. The summed E-state index contributed by atoms with van der Waals surface area (Å²) in [4.78, 5) is 9.09. The van der Waals surface area contributed by atoms with E-state index in [0.29, 0.717) is 41.1 Å². The predicted octanol–water partition coefficient (Wildman–Crippen LogP) is 3.03. The summed E-state index contributed by atoms with van der Waals surface area (Å²) in [7, 11) is 0. The second-order valence-electron chi connectivity index (χ2n) is 11.3. The fraction of sp³-hybridized carbons (Fsp3) is 0.680. The second-order valence-corrected chi connectivity index (χ2v) is 11.3. The van der Waals surface area contributed by atoms with Crippen LogP contribution in [0.5, 0.6) is 0 Å². The zero-order valence-corrected chi connectivity index (χ0v) is 20.0. The average Bonchev–Trinajstić information content (AvgIpc) is 3.34. The van der Waals surface area contributed by atoms with Crippen molar-refractivity contribution in [3.63, 3.8) is 0 Å². The summed E-state index contributed by atoms with van der Waals surface area (Å²) in [6.07, 6.45) is -1.92. The molecule has 4 aliphatic carbocycles. The molecule has 2 unspecified atom stereocenters. The normalized spacial score (nSPS) is 34.8. The Morgan fingerprint density at radius 2 is 1.80 bits per heavy atom. The topological polar surface area (TPSA) is 72.4 Å². The number of aromatic nitrogens is 3. The van der Waals surface area contributed by atoms with Crippen molar-refractivity contribution in [1.82, 2.24) is 24.6 Å². The molecular formula is C25H31F3N6O. The van der Waals surface area contributed by atoms with Gasteiger partial charge in [-0.1, -0.05) is 0 Å². The number of hydrogen-bond donors (Lipinski definition) is 1. The number of rotatable bonds is 5.